The molecule has 0 radical (unpaired) electrons. The van der Waals surface area contributed by atoms with Crippen LogP contribution >= 0.6 is 0 Å². The summed E-state index contributed by atoms with van der Waals surface area (Å²) >= 11 is 0. The highest BCUT2D eigenvalue weighted by atomic mass is 16.4. The van der Waals surface area contributed by atoms with Gasteiger partial charge in [0.05, 0.1) is 0 Å². The highest BCUT2D eigenvalue weighted by molar-refractivity contribution is 6.31. The molecule has 4 nitrogen and oxygen atoms in total. The molecule has 1 saturated carbocycles. The monoisotopic (exact) mass is 171 g/mol. The molecule has 0 aromatic rings. The van der Waals surface area contributed by atoms with Crippen molar-refractivity contribution in [2.24, 2.45) is 5.92 Å². The van der Waals surface area contributed by atoms with Crippen molar-refractivity contribution in [3.05, 3.63) is 0 Å². The van der Waals surface area contributed by atoms with Crippen molar-refractivity contribution in [2.75, 3.05) is 7.05 Å². The molecule has 0 heterocycles. The maximum Gasteiger partial charge on any atom is 0.394 e. The zero-order chi connectivity index (χ0) is 9.30. The number of carbonyl (C=O) groups is 2. The Morgan fingerprint density at radius 2 is 2.00 bits per heavy atom. The number of likely N-dealkylation sites (N-methyl/N-ethyl adjacent to an activating group) is 1. The van der Waals surface area contributed by atoms with Crippen LogP contribution in [0.2, 0.25) is 0 Å². The molecule has 1 unspecified atom stereocenters. The van der Waals surface area contributed by atoms with E-state index in [1.54, 1.807) is 7.05 Å². The summed E-state index contributed by atoms with van der Waals surface area (Å²) < 4.78 is 0. The molecule has 12 heavy (non-hydrogen) atoms. The number of hydrogen-bond acceptors (Lipinski definition) is 2. The lowest BCUT2D eigenvalue weighted by molar-refractivity contribution is -0.156. The molecular formula is C8H13NO3. The van der Waals surface area contributed by atoms with Crippen molar-refractivity contribution >= 4 is 11.9 Å². The largest absolute Gasteiger partial charge is 0.474 e. The normalized spacial score (nSPS) is 18.5. The van der Waals surface area contributed by atoms with Crippen LogP contribution in [0, 0.1) is 5.92 Å². The van der Waals surface area contributed by atoms with Crippen LogP contribution in [0.1, 0.15) is 19.8 Å². The minimum Gasteiger partial charge on any atom is -0.474 e. The minimum atomic E-state index is -1.37. The lowest BCUT2D eigenvalue weighted by atomic mass is 10.2. The number of amides is 1. The van der Waals surface area contributed by atoms with Crippen LogP contribution in [-0.2, 0) is 9.59 Å². The van der Waals surface area contributed by atoms with Crippen LogP contribution in [0.4, 0.5) is 0 Å². The molecule has 1 fully saturated rings. The van der Waals surface area contributed by atoms with Gasteiger partial charge in [0.25, 0.3) is 0 Å². The minimum absolute atomic E-state index is 0.0635. The Morgan fingerprint density at radius 1 is 1.50 bits per heavy atom. The van der Waals surface area contributed by atoms with Gasteiger partial charge in [0.15, 0.2) is 0 Å². The van der Waals surface area contributed by atoms with Gasteiger partial charge in [-0.25, -0.2) is 4.79 Å². The topological polar surface area (TPSA) is 57.6 Å². The van der Waals surface area contributed by atoms with Crippen molar-refractivity contribution < 1.29 is 14.7 Å². The quantitative estimate of drug-likeness (QED) is 0.609. The van der Waals surface area contributed by atoms with Gasteiger partial charge < -0.3 is 10.0 Å². The molecule has 1 amide bonds. The van der Waals surface area contributed by atoms with Crippen molar-refractivity contribution in [1.82, 2.24) is 4.90 Å². The third kappa shape index (κ3) is 1.75. The molecule has 0 aromatic carbocycles. The van der Waals surface area contributed by atoms with Crippen LogP contribution in [-0.4, -0.2) is 35.0 Å². The Kier molecular flexibility index (Phi) is 2.35. The predicted octanol–water partition coefficient (Wildman–Crippen LogP) is 0.328. The number of carboxylic acids is 1. The van der Waals surface area contributed by atoms with Gasteiger partial charge in [0, 0.05) is 13.1 Å². The van der Waals surface area contributed by atoms with E-state index in [1.807, 2.05) is 6.92 Å². The van der Waals surface area contributed by atoms with Gasteiger partial charge in [-0.2, -0.15) is 0 Å². The zero-order valence-electron chi connectivity index (χ0n) is 7.28. The fourth-order valence-electron chi connectivity index (χ4n) is 1.23. The molecule has 0 saturated heterocycles. The number of rotatable bonds is 2. The molecule has 0 aliphatic heterocycles. The standard InChI is InChI=1S/C8H13NO3/c1-5(6-3-4-6)9(2)7(10)8(11)12/h5-6H,3-4H2,1-2H3,(H,11,12). The molecule has 0 spiro atoms. The molecule has 4 heteroatoms. The van der Waals surface area contributed by atoms with Crippen molar-refractivity contribution in [3.8, 4) is 0 Å². The van der Waals surface area contributed by atoms with Gasteiger partial charge in [0.1, 0.15) is 0 Å². The van der Waals surface area contributed by atoms with Gasteiger partial charge >= 0.3 is 11.9 Å². The molecule has 0 aromatic heterocycles. The van der Waals surface area contributed by atoms with Crippen LogP contribution in [0.5, 0.6) is 0 Å². The second kappa shape index (κ2) is 3.13. The molecule has 1 rings (SSSR count). The van der Waals surface area contributed by atoms with E-state index >= 15 is 0 Å². The van der Waals surface area contributed by atoms with Gasteiger partial charge in [0.2, 0.25) is 0 Å². The van der Waals surface area contributed by atoms with Crippen LogP contribution in [0.15, 0.2) is 0 Å². The summed E-state index contributed by atoms with van der Waals surface area (Å²) in [6.07, 6.45) is 2.22. The van der Waals surface area contributed by atoms with Crippen molar-refractivity contribution in [2.45, 2.75) is 25.8 Å². The first kappa shape index (κ1) is 9.03. The third-order valence-corrected chi connectivity index (χ3v) is 2.42. The third-order valence-electron chi connectivity index (χ3n) is 2.42. The Morgan fingerprint density at radius 3 is 2.33 bits per heavy atom. The Balaban J connectivity index is 2.50. The average molecular weight is 171 g/mol. The van der Waals surface area contributed by atoms with E-state index in [2.05, 4.69) is 0 Å². The van der Waals surface area contributed by atoms with Gasteiger partial charge in [-0.05, 0) is 25.7 Å². The van der Waals surface area contributed by atoms with E-state index in [0.717, 1.165) is 12.8 Å². The lowest BCUT2D eigenvalue weighted by Crippen LogP contribution is -2.40. The number of carbonyl (C=O) groups excluding carboxylic acids is 1. The molecule has 1 aliphatic rings. The van der Waals surface area contributed by atoms with E-state index in [4.69, 9.17) is 5.11 Å². The Bertz CT molecular complexity index is 210. The molecule has 1 N–H and O–H groups in total. The Hall–Kier alpha value is -1.06. The van der Waals surface area contributed by atoms with Crippen LogP contribution in [0.25, 0.3) is 0 Å². The smallest absolute Gasteiger partial charge is 0.394 e. The van der Waals surface area contributed by atoms with Gasteiger partial charge in [-0.1, -0.05) is 0 Å². The maximum absolute atomic E-state index is 10.9. The fraction of sp³-hybridized carbons (Fsp3) is 0.750. The number of aliphatic carboxylic acids is 1. The molecule has 68 valence electrons. The second-order valence-electron chi connectivity index (χ2n) is 3.30. The first-order valence-corrected chi connectivity index (χ1v) is 4.04. The van der Waals surface area contributed by atoms with E-state index < -0.39 is 11.9 Å². The van der Waals surface area contributed by atoms with Crippen molar-refractivity contribution in [3.63, 3.8) is 0 Å². The summed E-state index contributed by atoms with van der Waals surface area (Å²) in [6.45, 7) is 1.89. The SMILES string of the molecule is CC(C1CC1)N(C)C(=O)C(=O)O. The lowest BCUT2D eigenvalue weighted by Gasteiger charge is -2.22. The van der Waals surface area contributed by atoms with Crippen LogP contribution in [0.3, 0.4) is 0 Å². The summed E-state index contributed by atoms with van der Waals surface area (Å²) in [5.41, 5.74) is 0. The average Bonchev–Trinajstić information content (AvgIpc) is 2.82. The predicted molar refractivity (Wildman–Crippen MR) is 42.6 cm³/mol. The number of carboxylic acid groups (broad SMARTS) is 1. The molecule has 1 atom stereocenters. The zero-order valence-corrected chi connectivity index (χ0v) is 7.28. The molecular weight excluding hydrogens is 158 g/mol. The van der Waals surface area contributed by atoms with E-state index in [-0.39, 0.29) is 6.04 Å². The number of nitrogens with zero attached hydrogens (tertiary/aromatic N) is 1. The highest BCUT2D eigenvalue weighted by Gasteiger charge is 2.34. The van der Waals surface area contributed by atoms with Crippen molar-refractivity contribution in [1.29, 1.82) is 0 Å². The van der Waals surface area contributed by atoms with Gasteiger partial charge in [-0.15, -0.1) is 0 Å². The highest BCUT2D eigenvalue weighted by Crippen LogP contribution is 2.34. The summed E-state index contributed by atoms with van der Waals surface area (Å²) in [4.78, 5) is 22.5. The maximum atomic E-state index is 10.9. The summed E-state index contributed by atoms with van der Waals surface area (Å²) in [5, 5.41) is 8.41. The van der Waals surface area contributed by atoms with E-state index in [1.165, 1.54) is 4.90 Å². The summed E-state index contributed by atoms with van der Waals surface area (Å²) in [5.74, 6) is -1.67. The van der Waals surface area contributed by atoms with E-state index in [9.17, 15) is 9.59 Å². The first-order chi connectivity index (χ1) is 5.54. The summed E-state index contributed by atoms with van der Waals surface area (Å²) in [7, 11) is 1.54. The molecule has 1 aliphatic carbocycles. The van der Waals surface area contributed by atoms with Crippen LogP contribution < -0.4 is 0 Å². The Labute approximate surface area is 71.2 Å². The van der Waals surface area contributed by atoms with Gasteiger partial charge in [-0.3, -0.25) is 4.79 Å². The fourth-order valence-corrected chi connectivity index (χ4v) is 1.23. The first-order valence-electron chi connectivity index (χ1n) is 4.04. The molecule has 0 bridgehead atoms. The summed E-state index contributed by atoms with van der Waals surface area (Å²) in [6, 6.07) is 0.0635. The second-order valence-corrected chi connectivity index (χ2v) is 3.30. The van der Waals surface area contributed by atoms with E-state index in [0.29, 0.717) is 5.92 Å². The number of hydrogen-bond donors (Lipinski definition) is 1.